The highest BCUT2D eigenvalue weighted by atomic mass is 35.5. The zero-order valence-electron chi connectivity index (χ0n) is 17.2. The van der Waals surface area contributed by atoms with Crippen LogP contribution in [0.3, 0.4) is 0 Å². The number of carbonyl (C=O) groups excluding carboxylic acids is 2. The number of sulfonamides is 1. The molecule has 0 aliphatic rings. The molecule has 2 aromatic heterocycles. The molecule has 0 atom stereocenters. The number of rotatable bonds is 7. The van der Waals surface area contributed by atoms with E-state index in [0.29, 0.717) is 11.3 Å². The van der Waals surface area contributed by atoms with Gasteiger partial charge < -0.3 is 4.74 Å². The SMILES string of the molecule is Cc1cc(C(=O)COC(=O)c2ccc(Cl)c(S(=O)(=O)N(C)C)c2)c(C)n1-c1nccs1. The molecular weight excluding hydrogens is 462 g/mol. The number of esters is 1. The summed E-state index contributed by atoms with van der Waals surface area (Å²) in [6.45, 7) is 3.16. The first-order valence-corrected chi connectivity index (χ1v) is 11.7. The van der Waals surface area contributed by atoms with Gasteiger partial charge in [0, 0.05) is 42.6 Å². The Balaban J connectivity index is 1.78. The monoisotopic (exact) mass is 481 g/mol. The number of benzene rings is 1. The zero-order valence-corrected chi connectivity index (χ0v) is 19.6. The molecule has 164 valence electrons. The molecule has 0 amide bonds. The molecule has 0 fully saturated rings. The molecule has 0 saturated heterocycles. The van der Waals surface area contributed by atoms with E-state index < -0.39 is 22.6 Å². The van der Waals surface area contributed by atoms with Crippen LogP contribution in [0.1, 0.15) is 32.1 Å². The van der Waals surface area contributed by atoms with Crippen LogP contribution in [0.5, 0.6) is 0 Å². The van der Waals surface area contributed by atoms with Crippen LogP contribution in [0.25, 0.3) is 5.13 Å². The number of aromatic nitrogens is 2. The maximum Gasteiger partial charge on any atom is 0.338 e. The maximum atomic E-state index is 12.7. The third kappa shape index (κ3) is 4.57. The number of hydrogen-bond acceptors (Lipinski definition) is 7. The third-order valence-electron chi connectivity index (χ3n) is 4.60. The Morgan fingerprint density at radius 3 is 2.55 bits per heavy atom. The fourth-order valence-corrected chi connectivity index (χ4v) is 5.13. The van der Waals surface area contributed by atoms with Gasteiger partial charge in [-0.1, -0.05) is 11.6 Å². The minimum absolute atomic E-state index is 0.0176. The van der Waals surface area contributed by atoms with Crippen molar-refractivity contribution >= 4 is 44.7 Å². The summed E-state index contributed by atoms with van der Waals surface area (Å²) in [6.07, 6.45) is 1.68. The van der Waals surface area contributed by atoms with E-state index in [1.54, 1.807) is 19.2 Å². The van der Waals surface area contributed by atoms with Crippen LogP contribution < -0.4 is 0 Å². The molecule has 0 aliphatic heterocycles. The molecule has 0 saturated carbocycles. The summed E-state index contributed by atoms with van der Waals surface area (Å²) < 4.78 is 32.7. The van der Waals surface area contributed by atoms with Gasteiger partial charge in [-0.25, -0.2) is 22.5 Å². The Kier molecular flexibility index (Phi) is 6.65. The first kappa shape index (κ1) is 23.1. The first-order valence-electron chi connectivity index (χ1n) is 9.05. The molecule has 8 nitrogen and oxygen atoms in total. The highest BCUT2D eigenvalue weighted by Crippen LogP contribution is 2.26. The Morgan fingerprint density at radius 1 is 1.23 bits per heavy atom. The summed E-state index contributed by atoms with van der Waals surface area (Å²) in [6, 6.07) is 5.51. The largest absolute Gasteiger partial charge is 0.454 e. The van der Waals surface area contributed by atoms with Gasteiger partial charge in [0.2, 0.25) is 15.8 Å². The molecule has 11 heteroatoms. The highest BCUT2D eigenvalue weighted by molar-refractivity contribution is 7.89. The lowest BCUT2D eigenvalue weighted by Gasteiger charge is -2.13. The van der Waals surface area contributed by atoms with Gasteiger partial charge in [0.05, 0.1) is 10.6 Å². The number of ketones is 1. The van der Waals surface area contributed by atoms with Crippen molar-refractivity contribution in [2.24, 2.45) is 0 Å². The summed E-state index contributed by atoms with van der Waals surface area (Å²) in [5.41, 5.74) is 1.93. The summed E-state index contributed by atoms with van der Waals surface area (Å²) in [5, 5.41) is 2.56. The number of ether oxygens (including phenoxy) is 1. The topological polar surface area (TPSA) is 98.6 Å². The van der Waals surface area contributed by atoms with Crippen molar-refractivity contribution in [2.45, 2.75) is 18.7 Å². The van der Waals surface area contributed by atoms with E-state index in [2.05, 4.69) is 4.98 Å². The van der Waals surface area contributed by atoms with Gasteiger partial charge in [-0.3, -0.25) is 9.36 Å². The van der Waals surface area contributed by atoms with Crippen molar-refractivity contribution < 1.29 is 22.7 Å². The lowest BCUT2D eigenvalue weighted by Crippen LogP contribution is -2.23. The second-order valence-corrected chi connectivity index (χ2v) is 10.3. The number of halogens is 1. The molecule has 0 unspecified atom stereocenters. The lowest BCUT2D eigenvalue weighted by molar-refractivity contribution is 0.0474. The fraction of sp³-hybridized carbons (Fsp3) is 0.250. The molecule has 0 spiro atoms. The van der Waals surface area contributed by atoms with Gasteiger partial charge in [-0.15, -0.1) is 11.3 Å². The summed E-state index contributed by atoms with van der Waals surface area (Å²) in [4.78, 5) is 29.2. The zero-order chi connectivity index (χ0) is 22.9. The number of carbonyl (C=O) groups is 2. The van der Waals surface area contributed by atoms with Crippen LogP contribution in [0.4, 0.5) is 0 Å². The van der Waals surface area contributed by atoms with Gasteiger partial charge in [0.25, 0.3) is 0 Å². The average Bonchev–Trinajstić information content (AvgIpc) is 3.33. The normalized spacial score (nSPS) is 11.7. The van der Waals surface area contributed by atoms with Gasteiger partial charge in [-0.05, 0) is 38.1 Å². The second kappa shape index (κ2) is 8.91. The molecular formula is C20H20ClN3O5S2. The third-order valence-corrected chi connectivity index (χ3v) is 7.66. The van der Waals surface area contributed by atoms with Crippen LogP contribution >= 0.6 is 22.9 Å². The van der Waals surface area contributed by atoms with E-state index in [9.17, 15) is 18.0 Å². The van der Waals surface area contributed by atoms with Gasteiger partial charge in [0.15, 0.2) is 11.7 Å². The molecule has 3 aromatic rings. The van der Waals surface area contributed by atoms with Crippen molar-refractivity contribution in [1.29, 1.82) is 0 Å². The molecule has 3 rings (SSSR count). The van der Waals surface area contributed by atoms with E-state index in [1.165, 1.54) is 37.6 Å². The van der Waals surface area contributed by atoms with Crippen LogP contribution in [-0.4, -0.2) is 54.7 Å². The van der Waals surface area contributed by atoms with E-state index in [0.717, 1.165) is 21.2 Å². The predicted molar refractivity (Wildman–Crippen MR) is 118 cm³/mol. The van der Waals surface area contributed by atoms with Gasteiger partial charge in [-0.2, -0.15) is 0 Å². The summed E-state index contributed by atoms with van der Waals surface area (Å²) in [7, 11) is -1.13. The minimum Gasteiger partial charge on any atom is -0.454 e. The number of nitrogens with zero attached hydrogens (tertiary/aromatic N) is 3. The highest BCUT2D eigenvalue weighted by Gasteiger charge is 2.24. The fourth-order valence-electron chi connectivity index (χ4n) is 2.98. The van der Waals surface area contributed by atoms with Crippen molar-refractivity contribution in [3.8, 4) is 5.13 Å². The van der Waals surface area contributed by atoms with E-state index in [4.69, 9.17) is 16.3 Å². The molecule has 1 aromatic carbocycles. The van der Waals surface area contributed by atoms with Crippen LogP contribution in [0.2, 0.25) is 5.02 Å². The quantitative estimate of drug-likeness (QED) is 0.378. The molecule has 0 aliphatic carbocycles. The minimum atomic E-state index is -3.85. The number of thiazole rings is 1. The Morgan fingerprint density at radius 2 is 1.94 bits per heavy atom. The van der Waals surface area contributed by atoms with Gasteiger partial charge >= 0.3 is 5.97 Å². The smallest absolute Gasteiger partial charge is 0.338 e. The molecule has 0 radical (unpaired) electrons. The standard InChI is InChI=1S/C20H20ClN3O5S2/c1-12-9-15(13(2)24(12)20-22-7-8-30-20)17(25)11-29-19(26)14-5-6-16(21)18(10-14)31(27,28)23(3)4/h5-10H,11H2,1-4H3. The van der Waals surface area contributed by atoms with Gasteiger partial charge in [0.1, 0.15) is 4.90 Å². The lowest BCUT2D eigenvalue weighted by atomic mass is 10.1. The van der Waals surface area contributed by atoms with E-state index in [-0.39, 0.29) is 21.3 Å². The Hall–Kier alpha value is -2.53. The van der Waals surface area contributed by atoms with Crippen LogP contribution in [-0.2, 0) is 14.8 Å². The van der Waals surface area contributed by atoms with Crippen molar-refractivity contribution in [1.82, 2.24) is 13.9 Å². The Labute approximate surface area is 189 Å². The summed E-state index contributed by atoms with van der Waals surface area (Å²) >= 11 is 7.44. The van der Waals surface area contributed by atoms with Crippen molar-refractivity contribution in [2.75, 3.05) is 20.7 Å². The van der Waals surface area contributed by atoms with E-state index in [1.807, 2.05) is 16.9 Å². The van der Waals surface area contributed by atoms with Crippen LogP contribution in [0, 0.1) is 13.8 Å². The Bertz CT molecular complexity index is 1250. The molecule has 0 N–H and O–H groups in total. The van der Waals surface area contributed by atoms with E-state index >= 15 is 0 Å². The predicted octanol–water partition coefficient (Wildman–Crippen LogP) is 3.49. The van der Waals surface area contributed by atoms with Crippen molar-refractivity contribution in [3.05, 3.63) is 63.4 Å². The average molecular weight is 482 g/mol. The number of aryl methyl sites for hydroxylation is 1. The summed E-state index contributed by atoms with van der Waals surface area (Å²) in [5.74, 6) is -1.20. The number of Topliss-reactive ketones (excluding diaryl/α,β-unsaturated/α-hetero) is 1. The molecule has 2 heterocycles. The molecule has 31 heavy (non-hydrogen) atoms. The maximum absolute atomic E-state index is 12.7. The number of hydrogen-bond donors (Lipinski definition) is 0. The first-order chi connectivity index (χ1) is 14.5. The second-order valence-electron chi connectivity index (χ2n) is 6.87. The van der Waals surface area contributed by atoms with Crippen LogP contribution in [0.15, 0.2) is 40.7 Å². The molecule has 0 bridgehead atoms. The van der Waals surface area contributed by atoms with Crippen molar-refractivity contribution in [3.63, 3.8) is 0 Å².